The van der Waals surface area contributed by atoms with Gasteiger partial charge in [-0.1, -0.05) is 12.1 Å². The number of carbonyl (C=O) groups excluding carboxylic acids is 1. The van der Waals surface area contributed by atoms with Gasteiger partial charge in [-0.2, -0.15) is 0 Å². The van der Waals surface area contributed by atoms with Crippen molar-refractivity contribution in [2.24, 2.45) is 0 Å². The summed E-state index contributed by atoms with van der Waals surface area (Å²) >= 11 is 0. The van der Waals surface area contributed by atoms with E-state index in [1.807, 2.05) is 0 Å². The Hall–Kier alpha value is -2.23. The lowest BCUT2D eigenvalue weighted by Crippen LogP contribution is -2.23. The highest BCUT2D eigenvalue weighted by Crippen LogP contribution is 2.18. The van der Waals surface area contributed by atoms with E-state index in [1.165, 1.54) is 12.1 Å². The number of hydrogen-bond acceptors (Lipinski definition) is 2. The van der Waals surface area contributed by atoms with Crippen molar-refractivity contribution in [1.29, 1.82) is 0 Å². The van der Waals surface area contributed by atoms with Crippen LogP contribution in [0.4, 0.5) is 4.39 Å². The fourth-order valence-corrected chi connectivity index (χ4v) is 1.59. The number of nitrogens with one attached hydrogen (secondary N) is 1. The van der Waals surface area contributed by atoms with Crippen molar-refractivity contribution < 1.29 is 9.18 Å². The molecule has 0 spiro atoms. The van der Waals surface area contributed by atoms with Gasteiger partial charge in [0.15, 0.2) is 0 Å². The Morgan fingerprint density at radius 3 is 3.12 bits per heavy atom. The van der Waals surface area contributed by atoms with Gasteiger partial charge in [0, 0.05) is 18.1 Å². The second kappa shape index (κ2) is 4.74. The molecule has 3 nitrogen and oxygen atoms in total. The molecule has 0 radical (unpaired) electrons. The molecule has 2 rings (SSSR count). The maximum atomic E-state index is 13.4. The third-order valence-electron chi connectivity index (χ3n) is 2.32. The Balaban J connectivity index is 2.51. The van der Waals surface area contributed by atoms with Gasteiger partial charge < -0.3 is 5.32 Å². The molecule has 2 aromatic rings. The van der Waals surface area contributed by atoms with Crippen molar-refractivity contribution >= 4 is 16.8 Å². The zero-order valence-electron chi connectivity index (χ0n) is 9.11. The fraction of sp³-hybridized carbons (Fsp3) is 0.0769. The van der Waals surface area contributed by atoms with Crippen LogP contribution in [-0.2, 0) is 0 Å². The Morgan fingerprint density at radius 2 is 2.35 bits per heavy atom. The van der Waals surface area contributed by atoms with Crippen molar-refractivity contribution in [2.75, 3.05) is 6.54 Å². The van der Waals surface area contributed by atoms with Crippen molar-refractivity contribution in [2.45, 2.75) is 0 Å². The second-order valence-electron chi connectivity index (χ2n) is 3.53. The van der Waals surface area contributed by atoms with Gasteiger partial charge in [-0.25, -0.2) is 4.39 Å². The zero-order valence-corrected chi connectivity index (χ0v) is 9.11. The molecule has 1 aromatic carbocycles. The van der Waals surface area contributed by atoms with Crippen molar-refractivity contribution in [3.8, 4) is 0 Å². The maximum Gasteiger partial charge on any atom is 0.253 e. The SMILES string of the molecule is C=CCNC(=O)c1cc(F)cc2cccnc12. The quantitative estimate of drug-likeness (QED) is 0.822. The van der Waals surface area contributed by atoms with E-state index in [0.717, 1.165) is 0 Å². The van der Waals surface area contributed by atoms with Crippen LogP contribution in [0, 0.1) is 5.82 Å². The summed E-state index contributed by atoms with van der Waals surface area (Å²) in [5, 5.41) is 3.21. The molecule has 1 aromatic heterocycles. The van der Waals surface area contributed by atoms with E-state index in [2.05, 4.69) is 16.9 Å². The van der Waals surface area contributed by atoms with Gasteiger partial charge in [-0.05, 0) is 18.2 Å². The maximum absolute atomic E-state index is 13.4. The Kier molecular flexibility index (Phi) is 3.14. The first-order valence-electron chi connectivity index (χ1n) is 5.16. The largest absolute Gasteiger partial charge is 0.349 e. The molecule has 1 amide bonds. The molecular formula is C13H11FN2O. The smallest absolute Gasteiger partial charge is 0.253 e. The first-order valence-corrected chi connectivity index (χ1v) is 5.16. The van der Waals surface area contributed by atoms with Gasteiger partial charge in [-0.15, -0.1) is 6.58 Å². The minimum absolute atomic E-state index is 0.238. The average molecular weight is 230 g/mol. The number of hydrogen-bond donors (Lipinski definition) is 1. The number of aromatic nitrogens is 1. The van der Waals surface area contributed by atoms with E-state index in [9.17, 15) is 9.18 Å². The molecule has 86 valence electrons. The molecule has 0 saturated carbocycles. The van der Waals surface area contributed by atoms with Crippen LogP contribution in [0.15, 0.2) is 43.1 Å². The molecule has 4 heteroatoms. The highest BCUT2D eigenvalue weighted by molar-refractivity contribution is 6.05. The molecule has 0 aliphatic rings. The summed E-state index contributed by atoms with van der Waals surface area (Å²) in [7, 11) is 0. The summed E-state index contributed by atoms with van der Waals surface area (Å²) in [6, 6.07) is 5.96. The summed E-state index contributed by atoms with van der Waals surface area (Å²) in [6.07, 6.45) is 3.14. The average Bonchev–Trinajstić information content (AvgIpc) is 2.34. The lowest BCUT2D eigenvalue weighted by atomic mass is 10.1. The number of benzene rings is 1. The normalized spacial score (nSPS) is 10.2. The van der Waals surface area contributed by atoms with Crippen LogP contribution in [0.25, 0.3) is 10.9 Å². The fourth-order valence-electron chi connectivity index (χ4n) is 1.59. The molecule has 0 atom stereocenters. The van der Waals surface area contributed by atoms with E-state index in [-0.39, 0.29) is 11.5 Å². The first kappa shape index (κ1) is 11.3. The molecule has 0 fully saturated rings. The van der Waals surface area contributed by atoms with Gasteiger partial charge in [0.05, 0.1) is 11.1 Å². The topological polar surface area (TPSA) is 42.0 Å². The van der Waals surface area contributed by atoms with Crippen LogP contribution >= 0.6 is 0 Å². The van der Waals surface area contributed by atoms with Crippen molar-refractivity contribution in [3.05, 3.63) is 54.5 Å². The van der Waals surface area contributed by atoms with E-state index in [1.54, 1.807) is 24.4 Å². The number of pyridine rings is 1. The predicted octanol–water partition coefficient (Wildman–Crippen LogP) is 2.29. The summed E-state index contributed by atoms with van der Waals surface area (Å²) < 4.78 is 13.4. The highest BCUT2D eigenvalue weighted by atomic mass is 19.1. The molecule has 0 saturated heterocycles. The van der Waals surface area contributed by atoms with Crippen LogP contribution in [0.5, 0.6) is 0 Å². The molecular weight excluding hydrogens is 219 g/mol. The zero-order chi connectivity index (χ0) is 12.3. The third kappa shape index (κ3) is 2.30. The monoisotopic (exact) mass is 230 g/mol. The van der Waals surface area contributed by atoms with Crippen LogP contribution in [0.2, 0.25) is 0 Å². The summed E-state index contributed by atoms with van der Waals surface area (Å²) in [5.41, 5.74) is 0.734. The molecule has 0 bridgehead atoms. The van der Waals surface area contributed by atoms with Gasteiger partial charge in [0.1, 0.15) is 5.82 Å². The minimum atomic E-state index is -0.450. The highest BCUT2D eigenvalue weighted by Gasteiger charge is 2.11. The number of fused-ring (bicyclic) bond motifs is 1. The Morgan fingerprint density at radius 1 is 1.53 bits per heavy atom. The van der Waals surface area contributed by atoms with E-state index in [4.69, 9.17) is 0 Å². The summed E-state index contributed by atoms with van der Waals surface area (Å²) in [5.74, 6) is -0.803. The van der Waals surface area contributed by atoms with Gasteiger partial charge in [-0.3, -0.25) is 9.78 Å². The number of carbonyl (C=O) groups is 1. The number of nitrogens with zero attached hydrogens (tertiary/aromatic N) is 1. The van der Waals surface area contributed by atoms with E-state index >= 15 is 0 Å². The molecule has 1 heterocycles. The van der Waals surface area contributed by atoms with Gasteiger partial charge in [0.25, 0.3) is 5.91 Å². The third-order valence-corrected chi connectivity index (χ3v) is 2.32. The van der Waals surface area contributed by atoms with Gasteiger partial charge >= 0.3 is 0 Å². The number of amides is 1. The lowest BCUT2D eigenvalue weighted by Gasteiger charge is -2.06. The molecule has 0 aliphatic carbocycles. The Labute approximate surface area is 98.0 Å². The molecule has 0 aliphatic heterocycles. The number of halogens is 1. The summed E-state index contributed by atoms with van der Waals surface area (Å²) in [6.45, 7) is 3.84. The molecule has 1 N–H and O–H groups in total. The minimum Gasteiger partial charge on any atom is -0.349 e. The molecule has 0 unspecified atom stereocenters. The Bertz CT molecular complexity index is 581. The van der Waals surface area contributed by atoms with Crippen LogP contribution in [-0.4, -0.2) is 17.4 Å². The standard InChI is InChI=1S/C13H11FN2O/c1-2-5-16-13(17)11-8-10(14)7-9-4-3-6-15-12(9)11/h2-4,6-8H,1,5H2,(H,16,17). The summed E-state index contributed by atoms with van der Waals surface area (Å²) in [4.78, 5) is 15.9. The van der Waals surface area contributed by atoms with Gasteiger partial charge in [0.2, 0.25) is 0 Å². The molecule has 17 heavy (non-hydrogen) atoms. The van der Waals surface area contributed by atoms with E-state index < -0.39 is 5.82 Å². The van der Waals surface area contributed by atoms with Crippen LogP contribution < -0.4 is 5.32 Å². The van der Waals surface area contributed by atoms with E-state index in [0.29, 0.717) is 17.4 Å². The van der Waals surface area contributed by atoms with Crippen LogP contribution in [0.1, 0.15) is 10.4 Å². The van der Waals surface area contributed by atoms with Crippen molar-refractivity contribution in [1.82, 2.24) is 10.3 Å². The van der Waals surface area contributed by atoms with Crippen LogP contribution in [0.3, 0.4) is 0 Å². The van der Waals surface area contributed by atoms with Crippen molar-refractivity contribution in [3.63, 3.8) is 0 Å². The first-order chi connectivity index (χ1) is 8.22. The number of rotatable bonds is 3. The lowest BCUT2D eigenvalue weighted by molar-refractivity contribution is 0.0959. The second-order valence-corrected chi connectivity index (χ2v) is 3.53. The predicted molar refractivity (Wildman–Crippen MR) is 64.2 cm³/mol.